The summed E-state index contributed by atoms with van der Waals surface area (Å²) in [4.78, 5) is 3.84. The minimum absolute atomic E-state index is 0.888. The second-order valence-electron chi connectivity index (χ2n) is 1.83. The molecule has 0 aliphatic rings. The molecule has 0 aliphatic heterocycles. The maximum atomic E-state index is 5.78. The maximum Gasteiger partial charge on any atom is 0.0277 e. The van der Waals surface area contributed by atoms with Crippen LogP contribution in [0.25, 0.3) is 0 Å². The highest BCUT2D eigenvalue weighted by Crippen LogP contribution is 2.10. The molecule has 0 heterocycles. The van der Waals surface area contributed by atoms with E-state index >= 15 is 0 Å². The van der Waals surface area contributed by atoms with Crippen molar-refractivity contribution in [1.82, 2.24) is 0 Å². The van der Waals surface area contributed by atoms with Crippen LogP contribution < -0.4 is 0 Å². The Hall–Kier alpha value is -0.300. The summed E-state index contributed by atoms with van der Waals surface area (Å²) in [5.41, 5.74) is 1.06. The number of rotatable bonds is 2. The zero-order valence-electron chi connectivity index (χ0n) is 6.11. The van der Waals surface area contributed by atoms with E-state index in [1.54, 1.807) is 13.3 Å². The quantitative estimate of drug-likeness (QED) is 0.530. The van der Waals surface area contributed by atoms with Crippen molar-refractivity contribution in [3.63, 3.8) is 0 Å². The average Bonchev–Trinajstić information content (AvgIpc) is 1.87. The molecule has 0 radical (unpaired) electrons. The van der Waals surface area contributed by atoms with Gasteiger partial charge in [-0.05, 0) is 18.9 Å². The zero-order valence-corrected chi connectivity index (χ0v) is 6.87. The van der Waals surface area contributed by atoms with E-state index < -0.39 is 0 Å². The van der Waals surface area contributed by atoms with E-state index in [0.717, 1.165) is 17.0 Å². The number of nitrogens with zero attached hydrogens (tertiary/aromatic N) is 1. The third-order valence-corrected chi connectivity index (χ3v) is 1.63. The van der Waals surface area contributed by atoms with Crippen molar-refractivity contribution in [1.29, 1.82) is 0 Å². The van der Waals surface area contributed by atoms with Gasteiger partial charge in [0.1, 0.15) is 0 Å². The van der Waals surface area contributed by atoms with E-state index in [1.807, 2.05) is 13.8 Å². The van der Waals surface area contributed by atoms with Gasteiger partial charge in [0.05, 0.1) is 0 Å². The summed E-state index contributed by atoms with van der Waals surface area (Å²) in [7, 11) is 1.74. The van der Waals surface area contributed by atoms with Crippen LogP contribution in [-0.4, -0.2) is 13.3 Å². The first-order valence-corrected chi connectivity index (χ1v) is 3.37. The monoisotopic (exact) mass is 145 g/mol. The van der Waals surface area contributed by atoms with Crippen LogP contribution in [0.4, 0.5) is 0 Å². The van der Waals surface area contributed by atoms with Gasteiger partial charge >= 0.3 is 0 Å². The summed E-state index contributed by atoms with van der Waals surface area (Å²) in [6.45, 7) is 3.98. The first kappa shape index (κ1) is 8.70. The van der Waals surface area contributed by atoms with Crippen molar-refractivity contribution in [2.45, 2.75) is 20.3 Å². The third kappa shape index (κ3) is 3.31. The Kier molecular flexibility index (Phi) is 4.41. The molecule has 0 N–H and O–H groups in total. The van der Waals surface area contributed by atoms with Gasteiger partial charge in [-0.15, -0.1) is 0 Å². The molecule has 0 bridgehead atoms. The minimum Gasteiger partial charge on any atom is -0.296 e. The molecule has 52 valence electrons. The molecule has 0 unspecified atom stereocenters. The van der Waals surface area contributed by atoms with Crippen molar-refractivity contribution in [3.8, 4) is 0 Å². The van der Waals surface area contributed by atoms with Crippen LogP contribution in [0.2, 0.25) is 0 Å². The normalized spacial score (nSPS) is 14.2. The molecule has 0 saturated heterocycles. The molecule has 0 atom stereocenters. The van der Waals surface area contributed by atoms with Gasteiger partial charge in [-0.1, -0.05) is 18.5 Å². The lowest BCUT2D eigenvalue weighted by molar-refractivity contribution is 1.17. The van der Waals surface area contributed by atoms with E-state index in [9.17, 15) is 0 Å². The van der Waals surface area contributed by atoms with Crippen molar-refractivity contribution in [2.75, 3.05) is 7.05 Å². The van der Waals surface area contributed by atoms with Gasteiger partial charge in [0.2, 0.25) is 0 Å². The second kappa shape index (κ2) is 4.57. The van der Waals surface area contributed by atoms with Crippen molar-refractivity contribution in [3.05, 3.63) is 10.6 Å². The Morgan fingerprint density at radius 3 is 2.56 bits per heavy atom. The summed E-state index contributed by atoms with van der Waals surface area (Å²) >= 11 is 5.78. The molecular weight excluding hydrogens is 134 g/mol. The molecule has 0 aliphatic carbocycles. The topological polar surface area (TPSA) is 12.4 Å². The molecule has 0 rings (SSSR count). The predicted molar refractivity (Wildman–Crippen MR) is 43.3 cm³/mol. The van der Waals surface area contributed by atoms with Gasteiger partial charge < -0.3 is 0 Å². The highest BCUT2D eigenvalue weighted by atomic mass is 35.5. The Bertz CT molecular complexity index is 136. The number of allylic oxidation sites excluding steroid dienone is 2. The van der Waals surface area contributed by atoms with Crippen LogP contribution in [0.1, 0.15) is 20.3 Å². The summed E-state index contributed by atoms with van der Waals surface area (Å²) < 4.78 is 0. The Labute approximate surface area is 61.4 Å². The largest absolute Gasteiger partial charge is 0.296 e. The molecule has 0 saturated carbocycles. The molecular formula is C7H12ClN. The van der Waals surface area contributed by atoms with E-state index in [-0.39, 0.29) is 0 Å². The van der Waals surface area contributed by atoms with Gasteiger partial charge in [-0.3, -0.25) is 4.99 Å². The smallest absolute Gasteiger partial charge is 0.0277 e. The lowest BCUT2D eigenvalue weighted by atomic mass is 10.3. The first-order valence-electron chi connectivity index (χ1n) is 2.99. The fourth-order valence-electron chi connectivity index (χ4n) is 0.543. The Morgan fingerprint density at radius 2 is 2.22 bits per heavy atom. The van der Waals surface area contributed by atoms with Crippen LogP contribution >= 0.6 is 11.6 Å². The summed E-state index contributed by atoms with van der Waals surface area (Å²) in [6, 6.07) is 0. The van der Waals surface area contributed by atoms with Crippen LogP contribution in [-0.2, 0) is 0 Å². The van der Waals surface area contributed by atoms with Crippen molar-refractivity contribution < 1.29 is 0 Å². The van der Waals surface area contributed by atoms with Crippen LogP contribution in [0.15, 0.2) is 15.6 Å². The Morgan fingerprint density at radius 1 is 1.67 bits per heavy atom. The Balaban J connectivity index is 4.10. The summed E-state index contributed by atoms with van der Waals surface area (Å²) in [5.74, 6) is 0. The molecule has 2 heteroatoms. The predicted octanol–water partition coefficient (Wildman–Crippen LogP) is 2.61. The van der Waals surface area contributed by atoms with Gasteiger partial charge in [0.25, 0.3) is 0 Å². The van der Waals surface area contributed by atoms with E-state index in [2.05, 4.69) is 4.99 Å². The lowest BCUT2D eigenvalue weighted by Crippen LogP contribution is -1.80. The zero-order chi connectivity index (χ0) is 7.28. The molecule has 9 heavy (non-hydrogen) atoms. The van der Waals surface area contributed by atoms with Crippen LogP contribution in [0.3, 0.4) is 0 Å². The number of hydrogen-bond acceptors (Lipinski definition) is 1. The average molecular weight is 146 g/mol. The van der Waals surface area contributed by atoms with Crippen molar-refractivity contribution >= 4 is 17.8 Å². The lowest BCUT2D eigenvalue weighted by Gasteiger charge is -1.93. The SMILES string of the molecule is CC/C(Cl)=C(/C)C=NC. The minimum atomic E-state index is 0.888. The van der Waals surface area contributed by atoms with Gasteiger partial charge in [0.15, 0.2) is 0 Å². The third-order valence-electron chi connectivity index (χ3n) is 1.06. The fraction of sp³-hybridized carbons (Fsp3) is 0.571. The first-order chi connectivity index (χ1) is 4.22. The van der Waals surface area contributed by atoms with E-state index in [0.29, 0.717) is 0 Å². The van der Waals surface area contributed by atoms with Gasteiger partial charge in [-0.25, -0.2) is 0 Å². The van der Waals surface area contributed by atoms with Gasteiger partial charge in [0, 0.05) is 18.3 Å². The molecule has 0 aromatic carbocycles. The maximum absolute atomic E-state index is 5.78. The van der Waals surface area contributed by atoms with Crippen LogP contribution in [0.5, 0.6) is 0 Å². The number of aliphatic imine (C=N–C) groups is 1. The molecule has 0 amide bonds. The van der Waals surface area contributed by atoms with Crippen molar-refractivity contribution in [2.24, 2.45) is 4.99 Å². The molecule has 0 aromatic rings. The van der Waals surface area contributed by atoms with Crippen LogP contribution in [0, 0.1) is 0 Å². The summed E-state index contributed by atoms with van der Waals surface area (Å²) in [5, 5.41) is 0.889. The van der Waals surface area contributed by atoms with E-state index in [4.69, 9.17) is 11.6 Å². The number of hydrogen-bond donors (Lipinski definition) is 0. The molecule has 1 nitrogen and oxygen atoms in total. The standard InChI is InChI=1S/C7H12ClN/c1-4-7(8)6(2)5-9-3/h5H,4H2,1-3H3/b7-6+,9-5?. The molecule has 0 aromatic heterocycles. The summed E-state index contributed by atoms with van der Waals surface area (Å²) in [6.07, 6.45) is 2.66. The fourth-order valence-corrected chi connectivity index (χ4v) is 0.591. The number of halogens is 1. The van der Waals surface area contributed by atoms with E-state index in [1.165, 1.54) is 0 Å². The molecule has 0 fully saturated rings. The highest BCUT2D eigenvalue weighted by molar-refractivity contribution is 6.31. The molecule has 0 spiro atoms. The highest BCUT2D eigenvalue weighted by Gasteiger charge is 1.90. The van der Waals surface area contributed by atoms with Gasteiger partial charge in [-0.2, -0.15) is 0 Å². The second-order valence-corrected chi connectivity index (χ2v) is 2.29.